The molecule has 1 aromatic carbocycles. The molecule has 0 radical (unpaired) electrons. The van der Waals surface area contributed by atoms with E-state index in [2.05, 4.69) is 9.98 Å². The third-order valence-electron chi connectivity index (χ3n) is 4.70. The van der Waals surface area contributed by atoms with Crippen molar-refractivity contribution in [2.45, 2.75) is 26.7 Å². The summed E-state index contributed by atoms with van der Waals surface area (Å²) in [5.41, 5.74) is 3.72. The summed E-state index contributed by atoms with van der Waals surface area (Å²) in [6, 6.07) is 11.6. The summed E-state index contributed by atoms with van der Waals surface area (Å²) in [5.74, 6) is -2.56. The highest BCUT2D eigenvalue weighted by molar-refractivity contribution is 6.06. The Kier molecular flexibility index (Phi) is 4.85. The average Bonchev–Trinajstić information content (AvgIpc) is 2.60. The van der Waals surface area contributed by atoms with Gasteiger partial charge in [0.05, 0.1) is 10.6 Å². The lowest BCUT2D eigenvalue weighted by Crippen LogP contribution is -2.32. The summed E-state index contributed by atoms with van der Waals surface area (Å²) in [7, 11) is 0. The van der Waals surface area contributed by atoms with E-state index in [0.29, 0.717) is 28.2 Å². The molecule has 3 rings (SSSR count). The Morgan fingerprint density at radius 2 is 1.85 bits per heavy atom. The van der Waals surface area contributed by atoms with Crippen molar-refractivity contribution in [3.63, 3.8) is 0 Å². The molecule has 1 aliphatic heterocycles. The third kappa shape index (κ3) is 3.48. The van der Waals surface area contributed by atoms with Crippen LogP contribution in [0.5, 0.6) is 0 Å². The molecule has 27 heavy (non-hydrogen) atoms. The first-order valence-electron chi connectivity index (χ1n) is 8.46. The number of hydrogen-bond acceptors (Lipinski definition) is 5. The summed E-state index contributed by atoms with van der Waals surface area (Å²) in [4.78, 5) is 31.8. The maximum atomic E-state index is 12.1. The van der Waals surface area contributed by atoms with Gasteiger partial charge in [-0.15, -0.1) is 0 Å². The molecule has 0 spiro atoms. The number of pyridine rings is 1. The number of nitro groups is 1. The Morgan fingerprint density at radius 1 is 1.15 bits per heavy atom. The van der Waals surface area contributed by atoms with Gasteiger partial charge in [-0.2, -0.15) is 0 Å². The van der Waals surface area contributed by atoms with Crippen LogP contribution in [0.2, 0.25) is 0 Å². The predicted molar refractivity (Wildman–Crippen MR) is 102 cm³/mol. The van der Waals surface area contributed by atoms with Gasteiger partial charge in [0, 0.05) is 40.7 Å². The number of carboxylic acid groups (broad SMARTS) is 1. The molecular weight excluding hydrogens is 346 g/mol. The second-order valence-corrected chi connectivity index (χ2v) is 6.56. The molecular formula is C20H19N3O4. The van der Waals surface area contributed by atoms with Crippen LogP contribution in [0, 0.1) is 23.0 Å². The molecule has 0 fully saturated rings. The molecule has 0 bridgehead atoms. The van der Waals surface area contributed by atoms with E-state index < -0.39 is 22.7 Å². The molecule has 2 atom stereocenters. The van der Waals surface area contributed by atoms with Gasteiger partial charge in [0.15, 0.2) is 0 Å². The summed E-state index contributed by atoms with van der Waals surface area (Å²) >= 11 is 0. The van der Waals surface area contributed by atoms with Crippen LogP contribution in [-0.2, 0) is 4.79 Å². The molecule has 138 valence electrons. The van der Waals surface area contributed by atoms with Crippen LogP contribution in [0.25, 0.3) is 5.57 Å². The number of carboxylic acids is 1. The molecule has 2 unspecified atom stereocenters. The molecule has 1 aliphatic rings. The van der Waals surface area contributed by atoms with Crippen LogP contribution in [-0.4, -0.2) is 26.7 Å². The number of aliphatic carboxylic acids is 1. The van der Waals surface area contributed by atoms with Crippen molar-refractivity contribution in [3.8, 4) is 0 Å². The van der Waals surface area contributed by atoms with Crippen molar-refractivity contribution in [2.75, 3.05) is 0 Å². The number of carbonyl (C=O) groups is 1. The Labute approximate surface area is 156 Å². The Hall–Kier alpha value is -3.35. The summed E-state index contributed by atoms with van der Waals surface area (Å²) in [6.45, 7) is 5.34. The maximum Gasteiger partial charge on any atom is 0.313 e. The van der Waals surface area contributed by atoms with Crippen LogP contribution in [0.1, 0.15) is 36.7 Å². The monoisotopic (exact) mass is 365 g/mol. The number of aromatic nitrogens is 1. The first kappa shape index (κ1) is 18.4. The highest BCUT2D eigenvalue weighted by Crippen LogP contribution is 2.44. The van der Waals surface area contributed by atoms with E-state index in [4.69, 9.17) is 0 Å². The van der Waals surface area contributed by atoms with E-state index >= 15 is 0 Å². The van der Waals surface area contributed by atoms with Crippen molar-refractivity contribution in [1.82, 2.24) is 4.98 Å². The van der Waals surface area contributed by atoms with Crippen LogP contribution >= 0.6 is 0 Å². The number of nitrogens with zero attached hydrogens (tertiary/aromatic N) is 3. The van der Waals surface area contributed by atoms with E-state index in [-0.39, 0.29) is 5.69 Å². The first-order chi connectivity index (χ1) is 12.8. The average molecular weight is 365 g/mol. The van der Waals surface area contributed by atoms with Gasteiger partial charge in [-0.25, -0.2) is 0 Å². The van der Waals surface area contributed by atoms with Crippen LogP contribution in [0.15, 0.2) is 53.2 Å². The topological polar surface area (TPSA) is 106 Å². The number of rotatable bonds is 4. The van der Waals surface area contributed by atoms with E-state index in [1.807, 2.05) is 32.0 Å². The molecule has 7 nitrogen and oxygen atoms in total. The number of non-ortho nitro benzene ring substituents is 1. The number of nitro benzene ring substituents is 1. The minimum Gasteiger partial charge on any atom is -0.481 e. The van der Waals surface area contributed by atoms with Crippen molar-refractivity contribution in [2.24, 2.45) is 10.9 Å². The number of aliphatic imine (C=N–C) groups is 1. The zero-order valence-corrected chi connectivity index (χ0v) is 15.2. The van der Waals surface area contributed by atoms with Gasteiger partial charge in [0.25, 0.3) is 5.69 Å². The number of allylic oxidation sites excluding steroid dienone is 2. The minimum absolute atomic E-state index is 0.0778. The highest BCUT2D eigenvalue weighted by Gasteiger charge is 2.39. The molecule has 1 N–H and O–H groups in total. The molecule has 0 saturated heterocycles. The minimum atomic E-state index is -1.02. The zero-order chi connectivity index (χ0) is 19.7. The lowest BCUT2D eigenvalue weighted by molar-refractivity contribution is -0.384. The number of hydrogen-bond donors (Lipinski definition) is 1. The van der Waals surface area contributed by atoms with Crippen molar-refractivity contribution >= 4 is 22.9 Å². The fraction of sp³-hybridized carbons (Fsp3) is 0.250. The molecule has 0 aliphatic carbocycles. The standard InChI is InChI=1S/C20H19N3O4/c1-11-6-4-9-16(21-11)17-12(2)22-13(3)18(20(24)25)19(17)14-7-5-8-15(10-14)23(26)27/h4-10,18-19H,1-3H3,(H,24,25). The smallest absolute Gasteiger partial charge is 0.313 e. The Bertz CT molecular complexity index is 994. The Balaban J connectivity index is 2.27. The second kappa shape index (κ2) is 7.11. The maximum absolute atomic E-state index is 12.1. The van der Waals surface area contributed by atoms with Crippen LogP contribution in [0.4, 0.5) is 5.69 Å². The summed E-state index contributed by atoms with van der Waals surface area (Å²) in [6.07, 6.45) is 0. The highest BCUT2D eigenvalue weighted by atomic mass is 16.6. The van der Waals surface area contributed by atoms with Gasteiger partial charge < -0.3 is 5.11 Å². The van der Waals surface area contributed by atoms with Crippen molar-refractivity contribution < 1.29 is 14.8 Å². The SMILES string of the molecule is CC1=NC(C)=C(c2cccc(C)n2)C(c2cccc([N+](=O)[O-])c2)C1C(=O)O. The van der Waals surface area contributed by atoms with Crippen LogP contribution in [0.3, 0.4) is 0 Å². The normalized spacial score (nSPS) is 19.6. The number of benzene rings is 1. The molecule has 0 saturated carbocycles. The van der Waals surface area contributed by atoms with E-state index in [9.17, 15) is 20.0 Å². The van der Waals surface area contributed by atoms with E-state index in [1.165, 1.54) is 12.1 Å². The van der Waals surface area contributed by atoms with Gasteiger partial charge in [0.2, 0.25) is 0 Å². The van der Waals surface area contributed by atoms with E-state index in [1.54, 1.807) is 19.1 Å². The predicted octanol–water partition coefficient (Wildman–Crippen LogP) is 3.99. The summed E-state index contributed by atoms with van der Waals surface area (Å²) < 4.78 is 0. The molecule has 2 aromatic rings. The largest absolute Gasteiger partial charge is 0.481 e. The van der Waals surface area contributed by atoms with Gasteiger partial charge >= 0.3 is 5.97 Å². The Morgan fingerprint density at radius 3 is 2.48 bits per heavy atom. The van der Waals surface area contributed by atoms with Gasteiger partial charge in [-0.3, -0.25) is 24.9 Å². The fourth-order valence-electron chi connectivity index (χ4n) is 3.58. The van der Waals surface area contributed by atoms with E-state index in [0.717, 1.165) is 5.69 Å². The third-order valence-corrected chi connectivity index (χ3v) is 4.70. The van der Waals surface area contributed by atoms with Gasteiger partial charge in [0.1, 0.15) is 5.92 Å². The van der Waals surface area contributed by atoms with Gasteiger partial charge in [-0.1, -0.05) is 18.2 Å². The molecule has 7 heteroatoms. The quantitative estimate of drug-likeness (QED) is 0.651. The van der Waals surface area contributed by atoms with Crippen molar-refractivity contribution in [3.05, 3.63) is 75.2 Å². The first-order valence-corrected chi connectivity index (χ1v) is 8.46. The zero-order valence-electron chi connectivity index (χ0n) is 15.2. The summed E-state index contributed by atoms with van der Waals surface area (Å²) in [5, 5.41) is 21.1. The number of aryl methyl sites for hydroxylation is 1. The molecule has 2 heterocycles. The molecule has 0 amide bonds. The fourth-order valence-corrected chi connectivity index (χ4v) is 3.58. The lowest BCUT2D eigenvalue weighted by atomic mass is 9.74. The lowest BCUT2D eigenvalue weighted by Gasteiger charge is -2.31. The van der Waals surface area contributed by atoms with Crippen molar-refractivity contribution in [1.29, 1.82) is 0 Å². The second-order valence-electron chi connectivity index (χ2n) is 6.56. The van der Waals surface area contributed by atoms with Gasteiger partial charge in [-0.05, 0) is 38.5 Å². The van der Waals surface area contributed by atoms with Crippen LogP contribution < -0.4 is 0 Å². The molecule has 1 aromatic heterocycles.